The zero-order chi connectivity index (χ0) is 23.5. The number of nitrogens with one attached hydrogen (secondary N) is 1. The van der Waals surface area contributed by atoms with Gasteiger partial charge in [0.1, 0.15) is 6.04 Å². The van der Waals surface area contributed by atoms with Crippen molar-refractivity contribution in [1.29, 1.82) is 0 Å². The number of carbonyl (C=O) groups excluding carboxylic acids is 2. The quantitative estimate of drug-likeness (QED) is 0.441. The van der Waals surface area contributed by atoms with Gasteiger partial charge >= 0.3 is 5.97 Å². The van der Waals surface area contributed by atoms with Crippen LogP contribution in [0.3, 0.4) is 0 Å². The number of likely N-dealkylation sites (tertiary alicyclic amines) is 1. The molecule has 11 heteroatoms. The summed E-state index contributed by atoms with van der Waals surface area (Å²) in [7, 11) is 0. The number of nitrogens with zero attached hydrogens (tertiary/aromatic N) is 3. The van der Waals surface area contributed by atoms with Crippen molar-refractivity contribution in [3.05, 3.63) is 39.9 Å². The topological polar surface area (TPSA) is 133 Å². The summed E-state index contributed by atoms with van der Waals surface area (Å²) >= 11 is 1.63. The summed E-state index contributed by atoms with van der Waals surface area (Å²) in [5.74, 6) is -0.683. The van der Waals surface area contributed by atoms with E-state index in [0.29, 0.717) is 44.3 Å². The third-order valence-corrected chi connectivity index (χ3v) is 6.88. The molecule has 32 heavy (non-hydrogen) atoms. The van der Waals surface area contributed by atoms with Gasteiger partial charge in [-0.1, -0.05) is 6.92 Å². The lowest BCUT2D eigenvalue weighted by atomic mass is 9.93. The highest BCUT2D eigenvalue weighted by atomic mass is 32.2. The number of carboxylic acid groups (broad SMARTS) is 1. The molecular weight excluding hydrogens is 436 g/mol. The van der Waals surface area contributed by atoms with Crippen molar-refractivity contribution in [2.75, 3.05) is 25.1 Å². The number of nitro benzene ring substituents is 1. The average Bonchev–Trinajstić information content (AvgIpc) is 3.04. The molecule has 2 atom stereocenters. The highest BCUT2D eigenvalue weighted by Crippen LogP contribution is 2.36. The van der Waals surface area contributed by atoms with E-state index in [1.54, 1.807) is 23.6 Å². The molecule has 2 saturated heterocycles. The molecule has 0 radical (unpaired) electrons. The van der Waals surface area contributed by atoms with Crippen LogP contribution in [0.4, 0.5) is 5.69 Å². The van der Waals surface area contributed by atoms with Gasteiger partial charge in [0.15, 0.2) is 0 Å². The molecule has 2 unspecified atom stereocenters. The first-order chi connectivity index (χ1) is 15.2. The summed E-state index contributed by atoms with van der Waals surface area (Å²) < 4.78 is 0. The molecular formula is C21H28N4O6S. The number of thioether (sulfide) groups is 1. The van der Waals surface area contributed by atoms with Crippen molar-refractivity contribution >= 4 is 35.2 Å². The largest absolute Gasteiger partial charge is 0.480 e. The smallest absolute Gasteiger partial charge is 0.326 e. The van der Waals surface area contributed by atoms with E-state index in [1.165, 1.54) is 29.2 Å². The molecule has 3 rings (SSSR count). The van der Waals surface area contributed by atoms with Crippen LogP contribution in [0.2, 0.25) is 0 Å². The first-order valence-corrected chi connectivity index (χ1v) is 12.0. The third-order valence-electron chi connectivity index (χ3n) is 6.24. The number of non-ortho nitro benzene ring substituents is 1. The highest BCUT2D eigenvalue weighted by Gasteiger charge is 2.55. The summed E-state index contributed by atoms with van der Waals surface area (Å²) in [6.45, 7) is 2.44. The molecule has 1 aromatic rings. The number of carbonyl (C=O) groups is 3. The Labute approximate surface area is 190 Å². The van der Waals surface area contributed by atoms with Gasteiger partial charge in [-0.15, -0.1) is 0 Å². The number of hydrogen-bond donors (Lipinski definition) is 2. The van der Waals surface area contributed by atoms with Gasteiger partial charge in [0.2, 0.25) is 5.91 Å². The Kier molecular flexibility index (Phi) is 7.40. The van der Waals surface area contributed by atoms with Crippen LogP contribution in [0.5, 0.6) is 0 Å². The summed E-state index contributed by atoms with van der Waals surface area (Å²) in [4.78, 5) is 51.4. The summed E-state index contributed by atoms with van der Waals surface area (Å²) in [5.41, 5.74) is -0.529. The number of benzene rings is 1. The van der Waals surface area contributed by atoms with E-state index in [-0.39, 0.29) is 17.5 Å². The van der Waals surface area contributed by atoms with Crippen LogP contribution >= 0.6 is 11.8 Å². The molecule has 0 aromatic heterocycles. The van der Waals surface area contributed by atoms with Gasteiger partial charge < -0.3 is 14.9 Å². The predicted octanol–water partition coefficient (Wildman–Crippen LogP) is 1.94. The lowest BCUT2D eigenvalue weighted by Crippen LogP contribution is -2.63. The minimum Gasteiger partial charge on any atom is -0.480 e. The SMILES string of the molecule is CCC(C(=O)O)N1C(=O)C(CCSC)NC12CCN(C(=O)c1ccc([N+](=O)[O-])cc1)CC2. The fraction of sp³-hybridized carbons (Fsp3) is 0.571. The number of hydrogen-bond acceptors (Lipinski definition) is 7. The second-order valence-electron chi connectivity index (χ2n) is 8.08. The zero-order valence-corrected chi connectivity index (χ0v) is 19.0. The fourth-order valence-corrected chi connectivity index (χ4v) is 5.03. The van der Waals surface area contributed by atoms with Gasteiger partial charge in [-0.2, -0.15) is 11.8 Å². The van der Waals surface area contributed by atoms with E-state index in [0.717, 1.165) is 5.75 Å². The number of amides is 2. The lowest BCUT2D eigenvalue weighted by molar-refractivity contribution is -0.384. The van der Waals surface area contributed by atoms with E-state index < -0.39 is 28.6 Å². The van der Waals surface area contributed by atoms with Crippen molar-refractivity contribution in [1.82, 2.24) is 15.1 Å². The minimum atomic E-state index is -1.03. The Morgan fingerprint density at radius 3 is 2.44 bits per heavy atom. The van der Waals surface area contributed by atoms with Gasteiger partial charge in [-0.05, 0) is 37.0 Å². The Balaban J connectivity index is 1.77. The van der Waals surface area contributed by atoms with Crippen molar-refractivity contribution in [3.8, 4) is 0 Å². The number of aliphatic carboxylic acids is 1. The van der Waals surface area contributed by atoms with Crippen LogP contribution in [0.15, 0.2) is 24.3 Å². The molecule has 10 nitrogen and oxygen atoms in total. The van der Waals surface area contributed by atoms with E-state index in [2.05, 4.69) is 5.32 Å². The maximum Gasteiger partial charge on any atom is 0.326 e. The first kappa shape index (κ1) is 24.0. The molecule has 2 N–H and O–H groups in total. The molecule has 0 saturated carbocycles. The summed E-state index contributed by atoms with van der Waals surface area (Å²) in [6, 6.07) is 4.10. The Morgan fingerprint density at radius 1 is 1.31 bits per heavy atom. The van der Waals surface area contributed by atoms with Gasteiger partial charge in [0.05, 0.1) is 16.6 Å². The van der Waals surface area contributed by atoms with Crippen LogP contribution in [-0.4, -0.2) is 80.5 Å². The fourth-order valence-electron chi connectivity index (χ4n) is 4.56. The summed E-state index contributed by atoms with van der Waals surface area (Å²) in [6.07, 6.45) is 3.69. The highest BCUT2D eigenvalue weighted by molar-refractivity contribution is 7.98. The predicted molar refractivity (Wildman–Crippen MR) is 119 cm³/mol. The first-order valence-electron chi connectivity index (χ1n) is 10.6. The molecule has 0 aliphatic carbocycles. The van der Waals surface area contributed by atoms with Crippen molar-refractivity contribution in [3.63, 3.8) is 0 Å². The van der Waals surface area contributed by atoms with Crippen molar-refractivity contribution in [2.24, 2.45) is 0 Å². The number of rotatable bonds is 8. The van der Waals surface area contributed by atoms with Crippen LogP contribution < -0.4 is 5.32 Å². The van der Waals surface area contributed by atoms with E-state index >= 15 is 0 Å². The van der Waals surface area contributed by atoms with Gasteiger partial charge in [-0.3, -0.25) is 25.0 Å². The summed E-state index contributed by atoms with van der Waals surface area (Å²) in [5, 5.41) is 24.0. The Morgan fingerprint density at radius 2 is 1.94 bits per heavy atom. The molecule has 0 bridgehead atoms. The molecule has 1 aromatic carbocycles. The molecule has 1 spiro atoms. The molecule has 2 aliphatic heterocycles. The zero-order valence-electron chi connectivity index (χ0n) is 18.2. The van der Waals surface area contributed by atoms with Gasteiger partial charge in [0, 0.05) is 43.6 Å². The molecule has 2 amide bonds. The molecule has 2 heterocycles. The maximum atomic E-state index is 13.2. The van der Waals surface area contributed by atoms with Crippen LogP contribution in [-0.2, 0) is 9.59 Å². The molecule has 2 aliphatic rings. The van der Waals surface area contributed by atoms with Crippen molar-refractivity contribution < 1.29 is 24.4 Å². The van der Waals surface area contributed by atoms with Crippen LogP contribution in [0.1, 0.15) is 43.0 Å². The second-order valence-corrected chi connectivity index (χ2v) is 9.06. The minimum absolute atomic E-state index is 0.0842. The van der Waals surface area contributed by atoms with Crippen LogP contribution in [0.25, 0.3) is 0 Å². The van der Waals surface area contributed by atoms with Gasteiger partial charge in [0.25, 0.3) is 11.6 Å². The van der Waals surface area contributed by atoms with Crippen molar-refractivity contribution in [2.45, 2.75) is 50.4 Å². The van der Waals surface area contributed by atoms with Gasteiger partial charge in [-0.25, -0.2) is 4.79 Å². The monoisotopic (exact) mass is 464 g/mol. The second kappa shape index (κ2) is 9.86. The van der Waals surface area contributed by atoms with E-state index in [9.17, 15) is 29.6 Å². The number of nitro groups is 1. The van der Waals surface area contributed by atoms with Crippen LogP contribution in [0, 0.1) is 10.1 Å². The molecule has 174 valence electrons. The van der Waals surface area contributed by atoms with E-state index in [4.69, 9.17) is 0 Å². The van der Waals surface area contributed by atoms with E-state index in [1.807, 2.05) is 6.26 Å². The lowest BCUT2D eigenvalue weighted by Gasteiger charge is -2.46. The Hall–Kier alpha value is -2.66. The Bertz CT molecular complexity index is 885. The third kappa shape index (κ3) is 4.58. The number of carboxylic acids is 1. The number of piperidine rings is 1. The maximum absolute atomic E-state index is 13.2. The molecule has 2 fully saturated rings. The normalized spacial score (nSPS) is 21.1. The standard InChI is InChI=1S/C21H28N4O6S/c1-3-17(20(28)29)24-19(27)16(8-13-32-2)22-21(24)9-11-23(12-10-21)18(26)14-4-6-15(7-5-14)25(30)31/h4-7,16-17,22H,3,8-13H2,1-2H3,(H,28,29). The average molecular weight is 465 g/mol.